The van der Waals surface area contributed by atoms with Crippen molar-refractivity contribution in [2.45, 2.75) is 31.8 Å². The van der Waals surface area contributed by atoms with Gasteiger partial charge >= 0.3 is 0 Å². The molecule has 0 radical (unpaired) electrons. The number of ether oxygens (including phenoxy) is 1. The lowest BCUT2D eigenvalue weighted by molar-refractivity contribution is -0.00262. The highest BCUT2D eigenvalue weighted by Crippen LogP contribution is 2.26. The van der Waals surface area contributed by atoms with Crippen LogP contribution in [0.5, 0.6) is 0 Å². The molecule has 0 unspecified atom stereocenters. The molecule has 1 aliphatic heterocycles. The fourth-order valence-corrected chi connectivity index (χ4v) is 3.70. The number of guanidine groups is 1. The zero-order chi connectivity index (χ0) is 20.7. The Morgan fingerprint density at radius 1 is 1.20 bits per heavy atom. The van der Waals surface area contributed by atoms with Crippen molar-refractivity contribution in [3.05, 3.63) is 48.3 Å². The molecule has 1 saturated heterocycles. The third kappa shape index (κ3) is 6.18. The van der Waals surface area contributed by atoms with E-state index in [2.05, 4.69) is 66.6 Å². The van der Waals surface area contributed by atoms with Crippen molar-refractivity contribution >= 4 is 29.9 Å². The normalized spacial score (nSPS) is 16.2. The number of halogens is 1. The van der Waals surface area contributed by atoms with Crippen LogP contribution < -0.4 is 5.32 Å². The monoisotopic (exact) mass is 526 g/mol. The third-order valence-corrected chi connectivity index (χ3v) is 5.67. The Morgan fingerprint density at radius 3 is 2.53 bits per heavy atom. The van der Waals surface area contributed by atoms with Crippen molar-refractivity contribution in [2.75, 3.05) is 47.4 Å². The first-order chi connectivity index (χ1) is 14.0. The molecule has 0 amide bonds. The number of aliphatic imine (C=N–C) groups is 1. The summed E-state index contributed by atoms with van der Waals surface area (Å²) in [6.45, 7) is 6.06. The highest BCUT2D eigenvalue weighted by atomic mass is 127. The number of nitrogens with zero attached hydrogens (tertiary/aromatic N) is 5. The molecule has 0 spiro atoms. The van der Waals surface area contributed by atoms with E-state index in [0.29, 0.717) is 0 Å². The minimum absolute atomic E-state index is 0. The summed E-state index contributed by atoms with van der Waals surface area (Å²) in [5, 5.41) is 7.94. The molecule has 0 aliphatic carbocycles. The summed E-state index contributed by atoms with van der Waals surface area (Å²) in [5.41, 5.74) is 2.28. The number of aromatic nitrogens is 2. The first-order valence-electron chi connectivity index (χ1n) is 10.4. The highest BCUT2D eigenvalue weighted by Gasteiger charge is 2.34. The molecule has 8 heteroatoms. The number of hydrogen-bond donors (Lipinski definition) is 1. The summed E-state index contributed by atoms with van der Waals surface area (Å²) in [7, 11) is 6.37. The van der Waals surface area contributed by atoms with Gasteiger partial charge in [-0.15, -0.1) is 24.0 Å². The molecule has 0 saturated carbocycles. The van der Waals surface area contributed by atoms with E-state index in [1.54, 1.807) is 0 Å². The Morgan fingerprint density at radius 2 is 1.90 bits per heavy atom. The molecule has 1 aromatic heterocycles. The molecule has 1 aromatic carbocycles. The van der Waals surface area contributed by atoms with Crippen LogP contribution in [0.4, 0.5) is 0 Å². The summed E-state index contributed by atoms with van der Waals surface area (Å²) in [6.07, 6.45) is 6.02. The van der Waals surface area contributed by atoms with Gasteiger partial charge in [-0.2, -0.15) is 5.10 Å². The van der Waals surface area contributed by atoms with Crippen molar-refractivity contribution in [2.24, 2.45) is 4.99 Å². The Balaban J connectivity index is 0.00000320. The third-order valence-electron chi connectivity index (χ3n) is 5.67. The van der Waals surface area contributed by atoms with Crippen LogP contribution in [0.3, 0.4) is 0 Å². The van der Waals surface area contributed by atoms with Crippen molar-refractivity contribution < 1.29 is 4.74 Å². The molecule has 30 heavy (non-hydrogen) atoms. The lowest BCUT2D eigenvalue weighted by atomic mass is 9.89. The van der Waals surface area contributed by atoms with Gasteiger partial charge in [-0.1, -0.05) is 18.2 Å². The first kappa shape index (κ1) is 24.6. The van der Waals surface area contributed by atoms with Gasteiger partial charge < -0.3 is 19.9 Å². The van der Waals surface area contributed by atoms with E-state index in [1.807, 2.05) is 29.1 Å². The molecule has 2 aromatic rings. The van der Waals surface area contributed by atoms with Gasteiger partial charge in [0.1, 0.15) is 0 Å². The number of nitrogens with one attached hydrogen (secondary N) is 1. The number of likely N-dealkylation sites (N-methyl/N-ethyl adjacent to an activating group) is 1. The van der Waals surface area contributed by atoms with Gasteiger partial charge in [-0.05, 0) is 46.0 Å². The van der Waals surface area contributed by atoms with Crippen molar-refractivity contribution in [1.29, 1.82) is 0 Å². The number of para-hydroxylation sites is 1. The maximum absolute atomic E-state index is 5.58. The molecule has 1 N–H and O–H groups in total. The average Bonchev–Trinajstić information content (AvgIpc) is 3.20. The second kappa shape index (κ2) is 11.7. The Bertz CT molecular complexity index is 786. The van der Waals surface area contributed by atoms with Crippen LogP contribution in [-0.2, 0) is 11.3 Å². The lowest BCUT2D eigenvalue weighted by Crippen LogP contribution is -2.51. The van der Waals surface area contributed by atoms with E-state index in [9.17, 15) is 0 Å². The summed E-state index contributed by atoms with van der Waals surface area (Å²) in [4.78, 5) is 9.48. The van der Waals surface area contributed by atoms with Crippen LogP contribution >= 0.6 is 24.0 Å². The summed E-state index contributed by atoms with van der Waals surface area (Å²) >= 11 is 0. The molecule has 0 bridgehead atoms. The number of hydrogen-bond acceptors (Lipinski definition) is 4. The lowest BCUT2D eigenvalue weighted by Gasteiger charge is -2.42. The van der Waals surface area contributed by atoms with Crippen molar-refractivity contribution in [3.63, 3.8) is 0 Å². The van der Waals surface area contributed by atoms with Gasteiger partial charge in [0.2, 0.25) is 0 Å². The van der Waals surface area contributed by atoms with E-state index in [1.165, 1.54) is 0 Å². The molecule has 2 heterocycles. The van der Waals surface area contributed by atoms with E-state index in [4.69, 9.17) is 9.73 Å². The van der Waals surface area contributed by atoms with Crippen molar-refractivity contribution in [1.82, 2.24) is 24.9 Å². The van der Waals surface area contributed by atoms with E-state index in [0.717, 1.165) is 62.9 Å². The van der Waals surface area contributed by atoms with Gasteiger partial charge in [0.15, 0.2) is 5.96 Å². The second-order valence-electron chi connectivity index (χ2n) is 7.89. The fourth-order valence-electron chi connectivity index (χ4n) is 3.70. The minimum atomic E-state index is 0. The maximum Gasteiger partial charge on any atom is 0.194 e. The average molecular weight is 526 g/mol. The van der Waals surface area contributed by atoms with Gasteiger partial charge in [-0.25, -0.2) is 4.68 Å². The van der Waals surface area contributed by atoms with Crippen LogP contribution in [0.1, 0.15) is 25.3 Å². The molecule has 1 aliphatic rings. The second-order valence-corrected chi connectivity index (χ2v) is 7.89. The number of rotatable bonds is 7. The zero-order valence-corrected chi connectivity index (χ0v) is 20.9. The first-order valence-corrected chi connectivity index (χ1v) is 10.4. The predicted molar refractivity (Wildman–Crippen MR) is 133 cm³/mol. The smallest absolute Gasteiger partial charge is 0.194 e. The van der Waals surface area contributed by atoms with E-state index in [-0.39, 0.29) is 29.5 Å². The van der Waals surface area contributed by atoms with Crippen LogP contribution in [0.2, 0.25) is 0 Å². The van der Waals surface area contributed by atoms with E-state index < -0.39 is 0 Å². The van der Waals surface area contributed by atoms with Gasteiger partial charge in [-0.3, -0.25) is 4.99 Å². The minimum Gasteiger partial charge on any atom is -0.381 e. The summed E-state index contributed by atoms with van der Waals surface area (Å²) in [6, 6.07) is 10.2. The predicted octanol–water partition coefficient (Wildman–Crippen LogP) is 3.00. The Labute approximate surface area is 197 Å². The topological polar surface area (TPSA) is 57.9 Å². The van der Waals surface area contributed by atoms with Crippen LogP contribution in [0.15, 0.2) is 47.7 Å². The van der Waals surface area contributed by atoms with Crippen LogP contribution in [0.25, 0.3) is 5.69 Å². The quantitative estimate of drug-likeness (QED) is 0.342. The van der Waals surface area contributed by atoms with Gasteiger partial charge in [0.25, 0.3) is 0 Å². The van der Waals surface area contributed by atoms with Crippen LogP contribution in [-0.4, -0.2) is 78.5 Å². The molecule has 0 atom stereocenters. The molecule has 166 valence electrons. The molecule has 7 nitrogen and oxygen atoms in total. The standard InChI is InChI=1S/C22H34N6O.HI/c1-5-23-21(24-18-22(26(2)3)11-13-29-14-12-22)27(4)16-19-15-25-28(17-19)20-9-7-6-8-10-20;/h6-10,15,17H,5,11-14,16,18H2,1-4H3,(H,23,24);1H. The van der Waals surface area contributed by atoms with Gasteiger partial charge in [0, 0.05) is 50.7 Å². The zero-order valence-electron chi connectivity index (χ0n) is 18.5. The van der Waals surface area contributed by atoms with Crippen molar-refractivity contribution in [3.8, 4) is 5.69 Å². The van der Waals surface area contributed by atoms with E-state index >= 15 is 0 Å². The summed E-state index contributed by atoms with van der Waals surface area (Å²) < 4.78 is 7.50. The summed E-state index contributed by atoms with van der Waals surface area (Å²) in [5.74, 6) is 0.924. The van der Waals surface area contributed by atoms with Crippen LogP contribution in [0, 0.1) is 0 Å². The Kier molecular flexibility index (Phi) is 9.57. The largest absolute Gasteiger partial charge is 0.381 e. The van der Waals surface area contributed by atoms with Gasteiger partial charge in [0.05, 0.1) is 18.4 Å². The Hall–Kier alpha value is -1.65. The SMILES string of the molecule is CCNC(=NCC1(N(C)C)CCOCC1)N(C)Cc1cnn(-c2ccccc2)c1.I. The molecular weight excluding hydrogens is 491 g/mol. The number of benzene rings is 1. The fraction of sp³-hybridized carbons (Fsp3) is 0.545. The molecule has 1 fully saturated rings. The maximum atomic E-state index is 5.58. The molecular formula is C22H35IN6O. The molecule has 3 rings (SSSR count). The highest BCUT2D eigenvalue weighted by molar-refractivity contribution is 14.0.